The van der Waals surface area contributed by atoms with Crippen molar-refractivity contribution in [2.45, 2.75) is 106 Å². The first-order chi connectivity index (χ1) is 20.8. The van der Waals surface area contributed by atoms with Gasteiger partial charge in [0.05, 0.1) is 22.7 Å². The van der Waals surface area contributed by atoms with E-state index < -0.39 is 0 Å². The van der Waals surface area contributed by atoms with Crippen LogP contribution in [0.2, 0.25) is 0 Å². The summed E-state index contributed by atoms with van der Waals surface area (Å²) in [4.78, 5) is 0. The van der Waals surface area contributed by atoms with Gasteiger partial charge in [-0.05, 0) is 191 Å². The molecule has 4 aromatic rings. The van der Waals surface area contributed by atoms with Crippen molar-refractivity contribution in [3.05, 3.63) is 113 Å². The molecule has 0 aromatic heterocycles. The van der Waals surface area contributed by atoms with Gasteiger partial charge in [-0.25, -0.2) is 10.0 Å². The summed E-state index contributed by atoms with van der Waals surface area (Å²) in [5.74, 6) is 0. The number of aryl methyl sites for hydroxylation is 4. The number of benzene rings is 4. The molecule has 4 aromatic carbocycles. The average Bonchev–Trinajstić information content (AvgIpc) is 3.00. The smallest absolute Gasteiger partial charge is 0.0695 e. The zero-order valence-electron chi connectivity index (χ0n) is 28.4. The fourth-order valence-corrected chi connectivity index (χ4v) is 8.36. The van der Waals surface area contributed by atoms with E-state index in [1.54, 1.807) is 0 Å². The van der Waals surface area contributed by atoms with Gasteiger partial charge in [-0.1, -0.05) is 65.8 Å². The highest BCUT2D eigenvalue weighted by molar-refractivity contribution is 14.1. The molecule has 2 nitrogen and oxygen atoms in total. The van der Waals surface area contributed by atoms with E-state index >= 15 is 0 Å². The molecule has 0 radical (unpaired) electrons. The number of rotatable bonds is 11. The zero-order valence-corrected chi connectivity index (χ0v) is 32.7. The predicted octanol–water partition coefficient (Wildman–Crippen LogP) is 13.2. The maximum atomic E-state index is 2.47. The van der Waals surface area contributed by atoms with Gasteiger partial charge in [0.25, 0.3) is 0 Å². The molecule has 0 spiro atoms. The minimum Gasteiger partial charge on any atom is -0.249 e. The van der Waals surface area contributed by atoms with Crippen LogP contribution in [0.5, 0.6) is 0 Å². The quantitative estimate of drug-likeness (QED) is 0.110. The normalized spacial score (nSPS) is 12.0. The van der Waals surface area contributed by atoms with Gasteiger partial charge in [-0.3, -0.25) is 0 Å². The first-order valence-electron chi connectivity index (χ1n) is 16.2. The van der Waals surface area contributed by atoms with Gasteiger partial charge in [0, 0.05) is 7.14 Å². The van der Waals surface area contributed by atoms with Crippen LogP contribution in [0.25, 0.3) is 0 Å². The van der Waals surface area contributed by atoms with Crippen molar-refractivity contribution in [2.24, 2.45) is 0 Å². The fraction of sp³-hybridized carbons (Fsp3) is 0.400. The van der Waals surface area contributed by atoms with Crippen molar-refractivity contribution in [3.63, 3.8) is 0 Å². The number of hydrazine groups is 1. The lowest BCUT2D eigenvalue weighted by Crippen LogP contribution is -2.38. The van der Waals surface area contributed by atoms with Crippen molar-refractivity contribution in [2.75, 3.05) is 10.0 Å². The summed E-state index contributed by atoms with van der Waals surface area (Å²) in [6, 6.07) is 28.0. The molecule has 0 heterocycles. The molecule has 0 atom stereocenters. The third-order valence-corrected chi connectivity index (χ3v) is 11.5. The zero-order chi connectivity index (χ0) is 32.4. The van der Waals surface area contributed by atoms with Crippen LogP contribution in [0.1, 0.15) is 101 Å². The van der Waals surface area contributed by atoms with E-state index in [0.717, 1.165) is 37.1 Å². The lowest BCUT2D eigenvalue weighted by molar-refractivity contribution is 0.439. The lowest BCUT2D eigenvalue weighted by atomic mass is 9.78. The molecule has 4 heteroatoms. The first kappa shape index (κ1) is 34.8. The molecular weight excluding hydrogens is 762 g/mol. The van der Waals surface area contributed by atoms with E-state index in [0.29, 0.717) is 0 Å². The third-order valence-electron chi connectivity index (χ3n) is 10.3. The maximum Gasteiger partial charge on any atom is 0.0695 e. The van der Waals surface area contributed by atoms with Crippen LogP contribution >= 0.6 is 45.2 Å². The van der Waals surface area contributed by atoms with Gasteiger partial charge in [0.2, 0.25) is 0 Å². The minimum absolute atomic E-state index is 0.169. The van der Waals surface area contributed by atoms with E-state index in [9.17, 15) is 0 Å². The Labute approximate surface area is 294 Å². The average molecular weight is 813 g/mol. The van der Waals surface area contributed by atoms with Crippen LogP contribution in [-0.4, -0.2) is 0 Å². The van der Waals surface area contributed by atoms with E-state index in [2.05, 4.69) is 197 Å². The molecule has 0 amide bonds. The second-order valence-electron chi connectivity index (χ2n) is 13.0. The Bertz CT molecular complexity index is 1410. The lowest BCUT2D eigenvalue weighted by Gasteiger charge is -2.42. The van der Waals surface area contributed by atoms with Gasteiger partial charge < -0.3 is 0 Å². The highest BCUT2D eigenvalue weighted by Crippen LogP contribution is 2.44. The molecule has 0 bridgehead atoms. The van der Waals surface area contributed by atoms with Crippen LogP contribution in [-0.2, 0) is 10.8 Å². The number of hydrogen-bond donors (Lipinski definition) is 0. The molecule has 4 rings (SSSR count). The highest BCUT2D eigenvalue weighted by Gasteiger charge is 2.29. The molecule has 0 aliphatic carbocycles. The van der Waals surface area contributed by atoms with E-state index in [-0.39, 0.29) is 10.8 Å². The van der Waals surface area contributed by atoms with E-state index in [1.165, 1.54) is 51.9 Å². The summed E-state index contributed by atoms with van der Waals surface area (Å²) in [6.45, 7) is 23.0. The van der Waals surface area contributed by atoms with Gasteiger partial charge >= 0.3 is 0 Å². The van der Waals surface area contributed by atoms with Crippen molar-refractivity contribution >= 4 is 67.9 Å². The Morgan fingerprint density at radius 2 is 0.727 bits per heavy atom. The fourth-order valence-electron chi connectivity index (χ4n) is 6.49. The van der Waals surface area contributed by atoms with Gasteiger partial charge in [-0.2, -0.15) is 0 Å². The molecule has 0 aliphatic rings. The monoisotopic (exact) mass is 812 g/mol. The molecule has 0 saturated heterocycles. The number of halogens is 2. The predicted molar refractivity (Wildman–Crippen MR) is 210 cm³/mol. The van der Waals surface area contributed by atoms with Gasteiger partial charge in [0.15, 0.2) is 0 Å². The summed E-state index contributed by atoms with van der Waals surface area (Å²) in [5.41, 5.74) is 12.9. The Morgan fingerprint density at radius 3 is 0.955 bits per heavy atom. The summed E-state index contributed by atoms with van der Waals surface area (Å²) < 4.78 is 2.52. The summed E-state index contributed by atoms with van der Waals surface area (Å²) in [5, 5.41) is 4.94. The molecule has 0 N–H and O–H groups in total. The van der Waals surface area contributed by atoms with E-state index in [1.807, 2.05) is 0 Å². The Hall–Kier alpha value is -2.06. The van der Waals surface area contributed by atoms with Gasteiger partial charge in [0.1, 0.15) is 0 Å². The van der Waals surface area contributed by atoms with Crippen molar-refractivity contribution in [1.29, 1.82) is 0 Å². The van der Waals surface area contributed by atoms with Crippen LogP contribution in [0, 0.1) is 34.8 Å². The summed E-state index contributed by atoms with van der Waals surface area (Å²) in [6.07, 6.45) is 4.48. The minimum atomic E-state index is 0.169. The number of anilines is 4. The van der Waals surface area contributed by atoms with Crippen LogP contribution in [0.15, 0.2) is 72.8 Å². The standard InChI is InChI=1S/C40H50I2N2/c1-11-39(9,12-2)31-15-19-35(20-16-31)43(37-27(5)23-33(41)24-28(37)6)44(38-29(7)25-34(42)26-30(38)8)36-21-17-32(18-22-36)40(10,13-3)14-4/h15-26H,11-14H2,1-10H3. The third kappa shape index (κ3) is 6.86. The summed E-state index contributed by atoms with van der Waals surface area (Å²) >= 11 is 4.89. The number of hydrogen-bond acceptors (Lipinski definition) is 2. The Morgan fingerprint density at radius 1 is 0.477 bits per heavy atom. The Balaban J connectivity index is 2.06. The molecular formula is C40H50I2N2. The second-order valence-corrected chi connectivity index (χ2v) is 15.5. The Kier molecular flexibility index (Phi) is 11.2. The molecule has 0 unspecified atom stereocenters. The number of nitrogens with zero attached hydrogens (tertiary/aromatic N) is 2. The van der Waals surface area contributed by atoms with Crippen LogP contribution < -0.4 is 10.0 Å². The molecule has 0 aliphatic heterocycles. The van der Waals surface area contributed by atoms with E-state index in [4.69, 9.17) is 0 Å². The molecule has 0 fully saturated rings. The SMILES string of the molecule is CCC(C)(CC)c1ccc(N(c2c(C)cc(I)cc2C)N(c2ccc(C(C)(CC)CC)cc2)c2c(C)cc(I)cc2C)cc1. The van der Waals surface area contributed by atoms with Crippen molar-refractivity contribution in [3.8, 4) is 0 Å². The maximum absolute atomic E-state index is 2.47. The summed E-state index contributed by atoms with van der Waals surface area (Å²) in [7, 11) is 0. The van der Waals surface area contributed by atoms with Crippen molar-refractivity contribution < 1.29 is 0 Å². The molecule has 234 valence electrons. The van der Waals surface area contributed by atoms with Gasteiger partial charge in [-0.15, -0.1) is 0 Å². The topological polar surface area (TPSA) is 6.48 Å². The second kappa shape index (κ2) is 14.1. The first-order valence-corrected chi connectivity index (χ1v) is 18.3. The molecule has 44 heavy (non-hydrogen) atoms. The van der Waals surface area contributed by atoms with Crippen LogP contribution in [0.4, 0.5) is 22.7 Å². The van der Waals surface area contributed by atoms with Crippen molar-refractivity contribution in [1.82, 2.24) is 0 Å². The molecule has 0 saturated carbocycles. The van der Waals surface area contributed by atoms with Crippen LogP contribution in [0.3, 0.4) is 0 Å². The largest absolute Gasteiger partial charge is 0.249 e. The highest BCUT2D eigenvalue weighted by atomic mass is 127.